The highest BCUT2D eigenvalue weighted by atomic mass is 16.4. The largest absolute Gasteiger partial charge is 0.481 e. The van der Waals surface area contributed by atoms with Crippen LogP contribution in [0.1, 0.15) is 71.6 Å². The van der Waals surface area contributed by atoms with E-state index in [1.807, 2.05) is 12.2 Å². The smallest absolute Gasteiger partial charge is 0.303 e. The van der Waals surface area contributed by atoms with Crippen LogP contribution >= 0.6 is 0 Å². The van der Waals surface area contributed by atoms with Gasteiger partial charge in [0.1, 0.15) is 0 Å². The summed E-state index contributed by atoms with van der Waals surface area (Å²) in [6.07, 6.45) is 12.3. The molecule has 2 saturated carbocycles. The van der Waals surface area contributed by atoms with E-state index in [0.717, 1.165) is 32.1 Å². The normalized spacial score (nSPS) is 43.6. The summed E-state index contributed by atoms with van der Waals surface area (Å²) in [6.45, 7) is 8.48. The number of carbonyl (C=O) groups excluding carboxylic acids is 1. The lowest BCUT2D eigenvalue weighted by molar-refractivity contribution is -0.141. The lowest BCUT2D eigenvalue weighted by atomic mass is 9.47. The fourth-order valence-corrected chi connectivity index (χ4v) is 7.26. The molecule has 0 radical (unpaired) electrons. The lowest BCUT2D eigenvalue weighted by Crippen LogP contribution is -2.52. The summed E-state index contributed by atoms with van der Waals surface area (Å²) in [7, 11) is 0. The van der Waals surface area contributed by atoms with Gasteiger partial charge in [0.25, 0.3) is 0 Å². The number of ketones is 1. The molecule has 0 unspecified atom stereocenters. The van der Waals surface area contributed by atoms with E-state index >= 15 is 0 Å². The first-order chi connectivity index (χ1) is 13.6. The first-order valence-corrected chi connectivity index (χ1v) is 11.1. The zero-order chi connectivity index (χ0) is 21.0. The van der Waals surface area contributed by atoms with Gasteiger partial charge in [-0.2, -0.15) is 0 Å². The summed E-state index contributed by atoms with van der Waals surface area (Å²) in [6, 6.07) is 0. The molecule has 2 fully saturated rings. The van der Waals surface area contributed by atoms with E-state index in [0.29, 0.717) is 37.0 Å². The summed E-state index contributed by atoms with van der Waals surface area (Å²) in [5.74, 6) is 0.533. The molecule has 0 spiro atoms. The van der Waals surface area contributed by atoms with Crippen LogP contribution in [0, 0.1) is 28.6 Å². The van der Waals surface area contributed by atoms with Crippen LogP contribution < -0.4 is 0 Å². The van der Waals surface area contributed by atoms with Gasteiger partial charge >= 0.3 is 5.97 Å². The van der Waals surface area contributed by atoms with Crippen molar-refractivity contribution in [2.45, 2.75) is 77.2 Å². The molecule has 2 N–H and O–H groups in total. The molecule has 0 aromatic heterocycles. The van der Waals surface area contributed by atoms with Crippen molar-refractivity contribution in [3.8, 4) is 0 Å². The minimum atomic E-state index is -0.920. The van der Waals surface area contributed by atoms with Gasteiger partial charge in [0, 0.05) is 23.7 Å². The summed E-state index contributed by atoms with van der Waals surface area (Å²) in [5, 5.41) is 20.7. The van der Waals surface area contributed by atoms with Gasteiger partial charge < -0.3 is 10.2 Å². The van der Waals surface area contributed by atoms with Crippen LogP contribution in [-0.2, 0) is 9.59 Å². The van der Waals surface area contributed by atoms with Gasteiger partial charge in [-0.3, -0.25) is 9.59 Å². The Morgan fingerprint density at radius 2 is 2.10 bits per heavy atom. The first kappa shape index (κ1) is 20.6. The number of rotatable bonds is 5. The third-order valence-electron chi connectivity index (χ3n) is 9.05. The molecule has 4 heteroatoms. The van der Waals surface area contributed by atoms with Gasteiger partial charge in [0.15, 0.2) is 5.78 Å². The Labute approximate surface area is 173 Å². The summed E-state index contributed by atoms with van der Waals surface area (Å²) >= 11 is 0. The van der Waals surface area contributed by atoms with Gasteiger partial charge in [-0.05, 0) is 68.8 Å². The molecule has 0 saturated heterocycles. The van der Waals surface area contributed by atoms with Gasteiger partial charge in [-0.15, -0.1) is 6.58 Å². The maximum absolute atomic E-state index is 12.1. The molecule has 4 aliphatic rings. The highest BCUT2D eigenvalue weighted by Gasteiger charge is 2.62. The van der Waals surface area contributed by atoms with E-state index in [-0.39, 0.29) is 23.0 Å². The SMILES string of the molecule is C=CC[C@@H]1CC2=CC(=O)CC[C@]2(C)C2=CC[C@@]3(C)[C@@H](CC[C@@]3(O)CCC(=O)O)[C@@H]21. The molecule has 0 aromatic rings. The number of fused-ring (bicyclic) bond motifs is 5. The molecule has 6 atom stereocenters. The third-order valence-corrected chi connectivity index (χ3v) is 9.05. The van der Waals surface area contributed by atoms with Crippen LogP contribution in [0.5, 0.6) is 0 Å². The van der Waals surface area contributed by atoms with Gasteiger partial charge in [-0.1, -0.05) is 37.1 Å². The van der Waals surface area contributed by atoms with Crippen LogP contribution in [0.25, 0.3) is 0 Å². The molecule has 4 nitrogen and oxygen atoms in total. The van der Waals surface area contributed by atoms with Gasteiger partial charge in [0.05, 0.1) is 5.60 Å². The van der Waals surface area contributed by atoms with Crippen molar-refractivity contribution in [3.05, 3.63) is 36.0 Å². The Morgan fingerprint density at radius 1 is 1.34 bits per heavy atom. The Morgan fingerprint density at radius 3 is 2.79 bits per heavy atom. The van der Waals surface area contributed by atoms with Crippen molar-refractivity contribution in [1.82, 2.24) is 0 Å². The molecule has 0 aromatic carbocycles. The van der Waals surface area contributed by atoms with Crippen molar-refractivity contribution >= 4 is 11.8 Å². The van der Waals surface area contributed by atoms with Gasteiger partial charge in [0.2, 0.25) is 0 Å². The number of carbonyl (C=O) groups is 2. The van der Waals surface area contributed by atoms with Crippen molar-refractivity contribution in [2.24, 2.45) is 28.6 Å². The molecular weight excluding hydrogens is 364 g/mol. The maximum atomic E-state index is 12.1. The monoisotopic (exact) mass is 398 g/mol. The predicted octanol–water partition coefficient (Wildman–Crippen LogP) is 4.84. The van der Waals surface area contributed by atoms with Crippen LogP contribution in [-0.4, -0.2) is 27.6 Å². The zero-order valence-electron chi connectivity index (χ0n) is 17.7. The Kier molecular flexibility index (Phi) is 4.92. The molecular formula is C25H34O4. The molecule has 0 bridgehead atoms. The van der Waals surface area contributed by atoms with E-state index in [1.165, 1.54) is 11.1 Å². The second-order valence-corrected chi connectivity index (χ2v) is 10.3. The molecule has 0 heterocycles. The number of carboxylic acids is 1. The fraction of sp³-hybridized carbons (Fsp3) is 0.680. The number of hydrogen-bond donors (Lipinski definition) is 2. The highest BCUT2D eigenvalue weighted by molar-refractivity contribution is 5.92. The van der Waals surface area contributed by atoms with E-state index in [1.54, 1.807) is 0 Å². The minimum absolute atomic E-state index is 0.0167. The van der Waals surface area contributed by atoms with Crippen LogP contribution in [0.2, 0.25) is 0 Å². The van der Waals surface area contributed by atoms with Crippen LogP contribution in [0.3, 0.4) is 0 Å². The average molecular weight is 399 g/mol. The van der Waals surface area contributed by atoms with Crippen molar-refractivity contribution in [2.75, 3.05) is 0 Å². The van der Waals surface area contributed by atoms with E-state index in [4.69, 9.17) is 0 Å². The maximum Gasteiger partial charge on any atom is 0.303 e. The van der Waals surface area contributed by atoms with Crippen LogP contribution in [0.4, 0.5) is 0 Å². The zero-order valence-corrected chi connectivity index (χ0v) is 17.7. The first-order valence-electron chi connectivity index (χ1n) is 11.1. The summed E-state index contributed by atoms with van der Waals surface area (Å²) < 4.78 is 0. The Hall–Kier alpha value is -1.68. The standard InChI is InChI=1S/C25H34O4/c1-4-5-16-14-17-15-18(26)6-10-23(17,2)19-7-11-24(3)20(22(16)19)8-12-25(24,29)13-9-21(27)28/h4,7,15-16,20,22,29H,1,5-6,8-14H2,2-3H3,(H,27,28)/t16-,20+,22-,23+,24+,25-/m1/s1. The predicted molar refractivity (Wildman–Crippen MR) is 112 cm³/mol. The highest BCUT2D eigenvalue weighted by Crippen LogP contribution is 2.67. The van der Waals surface area contributed by atoms with E-state index in [9.17, 15) is 19.8 Å². The van der Waals surface area contributed by atoms with Gasteiger partial charge in [-0.25, -0.2) is 0 Å². The number of allylic oxidation sites excluding steroid dienone is 5. The minimum Gasteiger partial charge on any atom is -0.481 e. The van der Waals surface area contributed by atoms with E-state index < -0.39 is 11.6 Å². The lowest BCUT2D eigenvalue weighted by Gasteiger charge is -2.57. The van der Waals surface area contributed by atoms with Crippen LogP contribution in [0.15, 0.2) is 36.0 Å². The van der Waals surface area contributed by atoms with Crippen molar-refractivity contribution in [3.63, 3.8) is 0 Å². The second-order valence-electron chi connectivity index (χ2n) is 10.3. The quantitative estimate of drug-likeness (QED) is 0.650. The molecule has 0 amide bonds. The molecule has 29 heavy (non-hydrogen) atoms. The Balaban J connectivity index is 1.75. The topological polar surface area (TPSA) is 74.6 Å². The molecule has 4 rings (SSSR count). The molecule has 4 aliphatic carbocycles. The number of aliphatic carboxylic acids is 1. The van der Waals surface area contributed by atoms with Crippen molar-refractivity contribution < 1.29 is 19.8 Å². The average Bonchev–Trinajstić information content (AvgIpc) is 2.93. The number of carboxylic acid groups (broad SMARTS) is 1. The van der Waals surface area contributed by atoms with Crippen molar-refractivity contribution in [1.29, 1.82) is 0 Å². The molecule has 158 valence electrons. The number of aliphatic hydroxyl groups is 1. The summed E-state index contributed by atoms with van der Waals surface area (Å²) in [4.78, 5) is 23.3. The third kappa shape index (κ3) is 2.98. The Bertz CT molecular complexity index is 808. The summed E-state index contributed by atoms with van der Waals surface area (Å²) in [5.41, 5.74) is 1.50. The molecule has 0 aliphatic heterocycles. The second kappa shape index (κ2) is 6.94. The van der Waals surface area contributed by atoms with E-state index in [2.05, 4.69) is 26.5 Å². The number of hydrogen-bond acceptors (Lipinski definition) is 3. The fourth-order valence-electron chi connectivity index (χ4n) is 7.26.